The predicted molar refractivity (Wildman–Crippen MR) is 119 cm³/mol. The highest BCUT2D eigenvalue weighted by atomic mass is 19.4. The number of benzene rings is 1. The highest BCUT2D eigenvalue weighted by Gasteiger charge is 2.39. The molecule has 3 aliphatic heterocycles. The number of nitrogens with zero attached hydrogens (tertiary/aromatic N) is 3. The quantitative estimate of drug-likeness (QED) is 0.635. The third kappa shape index (κ3) is 5.74. The number of hydrogen-bond acceptors (Lipinski definition) is 5. The lowest BCUT2D eigenvalue weighted by molar-refractivity contribution is -0.137. The van der Waals surface area contributed by atoms with E-state index >= 15 is 0 Å². The van der Waals surface area contributed by atoms with E-state index in [1.807, 2.05) is 25.7 Å². The van der Waals surface area contributed by atoms with Gasteiger partial charge in [0.25, 0.3) is 0 Å². The number of carbonyl (C=O) groups excluding carboxylic acids is 1. The molecule has 9 heteroatoms. The minimum absolute atomic E-state index is 0.0130. The molecular formula is C24H34F3N3O3. The number of hydrogen-bond donors (Lipinski definition) is 0. The average molecular weight is 470 g/mol. The van der Waals surface area contributed by atoms with Crippen LogP contribution in [0.1, 0.15) is 51.2 Å². The molecule has 3 fully saturated rings. The Morgan fingerprint density at radius 1 is 1.09 bits per heavy atom. The van der Waals surface area contributed by atoms with Crippen LogP contribution in [0.5, 0.6) is 0 Å². The van der Waals surface area contributed by atoms with Gasteiger partial charge in [0.05, 0.1) is 17.8 Å². The van der Waals surface area contributed by atoms with Gasteiger partial charge in [0.2, 0.25) is 0 Å². The molecule has 1 amide bonds. The number of alkyl halides is 3. The van der Waals surface area contributed by atoms with E-state index < -0.39 is 17.3 Å². The van der Waals surface area contributed by atoms with Crippen LogP contribution in [-0.4, -0.2) is 73.0 Å². The molecular weight excluding hydrogens is 435 g/mol. The Bertz CT molecular complexity index is 841. The number of piperazine rings is 1. The second-order valence-electron chi connectivity index (χ2n) is 9.96. The van der Waals surface area contributed by atoms with Crippen molar-refractivity contribution in [3.63, 3.8) is 0 Å². The highest BCUT2D eigenvalue weighted by Crippen LogP contribution is 2.40. The molecule has 0 aliphatic carbocycles. The van der Waals surface area contributed by atoms with Crippen molar-refractivity contribution >= 4 is 11.8 Å². The molecule has 2 atom stereocenters. The Labute approximate surface area is 193 Å². The molecule has 1 aromatic carbocycles. The van der Waals surface area contributed by atoms with Crippen molar-refractivity contribution in [2.45, 2.75) is 70.6 Å². The summed E-state index contributed by atoms with van der Waals surface area (Å²) >= 11 is 0. The molecule has 2 bridgehead atoms. The van der Waals surface area contributed by atoms with E-state index in [1.54, 1.807) is 17.0 Å². The Balaban J connectivity index is 1.41. The zero-order valence-electron chi connectivity index (χ0n) is 19.7. The van der Waals surface area contributed by atoms with Crippen molar-refractivity contribution in [1.29, 1.82) is 0 Å². The van der Waals surface area contributed by atoms with Gasteiger partial charge in [-0.05, 0) is 50.8 Å². The highest BCUT2D eigenvalue weighted by molar-refractivity contribution is 5.68. The van der Waals surface area contributed by atoms with Crippen LogP contribution in [0.15, 0.2) is 18.2 Å². The van der Waals surface area contributed by atoms with Gasteiger partial charge in [0.1, 0.15) is 5.60 Å². The fourth-order valence-electron chi connectivity index (χ4n) is 4.71. The van der Waals surface area contributed by atoms with Crippen molar-refractivity contribution in [2.24, 2.45) is 0 Å². The summed E-state index contributed by atoms with van der Waals surface area (Å²) in [5.74, 6) is 0. The second kappa shape index (κ2) is 9.33. The van der Waals surface area contributed by atoms with Crippen LogP contribution in [0.25, 0.3) is 0 Å². The van der Waals surface area contributed by atoms with Crippen molar-refractivity contribution in [1.82, 2.24) is 9.80 Å². The van der Waals surface area contributed by atoms with Crippen LogP contribution in [-0.2, 0) is 22.2 Å². The van der Waals surface area contributed by atoms with E-state index in [-0.39, 0.29) is 24.0 Å². The molecule has 3 heterocycles. The standard InChI is InChI=1S/C24H34F3N3O3/c1-4-23(2,3)33-22(31)29-11-9-28(10-12-29)14-17-5-8-20(24(25,26)27)21(13-17)30-15-18-6-7-19(16-30)32-18/h5,8,13,18-19H,4,6-7,9-12,14-16H2,1-3H3. The summed E-state index contributed by atoms with van der Waals surface area (Å²) in [5.41, 5.74) is 0.0203. The summed E-state index contributed by atoms with van der Waals surface area (Å²) in [6, 6.07) is 4.48. The average Bonchev–Trinajstić information content (AvgIpc) is 3.10. The normalized spacial score (nSPS) is 24.3. The Morgan fingerprint density at radius 2 is 1.73 bits per heavy atom. The lowest BCUT2D eigenvalue weighted by Crippen LogP contribution is -2.49. The van der Waals surface area contributed by atoms with E-state index in [4.69, 9.17) is 9.47 Å². The number of carbonyl (C=O) groups is 1. The predicted octanol–water partition coefficient (Wildman–Crippen LogP) is 4.52. The lowest BCUT2D eigenvalue weighted by atomic mass is 10.1. The molecule has 2 unspecified atom stereocenters. The van der Waals surface area contributed by atoms with Crippen molar-refractivity contribution in [3.8, 4) is 0 Å². The van der Waals surface area contributed by atoms with Gasteiger partial charge in [-0.2, -0.15) is 13.2 Å². The third-order valence-electron chi connectivity index (χ3n) is 7.00. The summed E-state index contributed by atoms with van der Waals surface area (Å²) in [7, 11) is 0. The number of morpholine rings is 1. The largest absolute Gasteiger partial charge is 0.443 e. The fraction of sp³-hybridized carbons (Fsp3) is 0.708. The number of anilines is 1. The van der Waals surface area contributed by atoms with E-state index in [9.17, 15) is 18.0 Å². The first-order valence-electron chi connectivity index (χ1n) is 11.8. The first-order valence-corrected chi connectivity index (χ1v) is 11.8. The number of halogens is 3. The lowest BCUT2D eigenvalue weighted by Gasteiger charge is -2.37. The van der Waals surface area contributed by atoms with Gasteiger partial charge < -0.3 is 19.3 Å². The molecule has 4 rings (SSSR count). The molecule has 3 aliphatic rings. The van der Waals surface area contributed by atoms with Crippen LogP contribution in [0.4, 0.5) is 23.7 Å². The fourth-order valence-corrected chi connectivity index (χ4v) is 4.71. The summed E-state index contributed by atoms with van der Waals surface area (Å²) in [5, 5.41) is 0. The van der Waals surface area contributed by atoms with E-state index in [2.05, 4.69) is 4.90 Å². The van der Waals surface area contributed by atoms with E-state index in [1.165, 1.54) is 6.07 Å². The Hall–Kier alpha value is -2.00. The number of ether oxygens (including phenoxy) is 2. The molecule has 33 heavy (non-hydrogen) atoms. The first kappa shape index (κ1) is 24.1. The maximum Gasteiger partial charge on any atom is 0.418 e. The van der Waals surface area contributed by atoms with Crippen molar-refractivity contribution < 1.29 is 27.4 Å². The molecule has 0 radical (unpaired) electrons. The van der Waals surface area contributed by atoms with Gasteiger partial charge in [0, 0.05) is 51.5 Å². The minimum atomic E-state index is -4.40. The number of amides is 1. The molecule has 0 saturated carbocycles. The van der Waals surface area contributed by atoms with Gasteiger partial charge in [-0.15, -0.1) is 0 Å². The summed E-state index contributed by atoms with van der Waals surface area (Å²) < 4.78 is 52.6. The molecule has 0 N–H and O–H groups in total. The van der Waals surface area contributed by atoms with Gasteiger partial charge in [0.15, 0.2) is 0 Å². The Morgan fingerprint density at radius 3 is 2.30 bits per heavy atom. The molecule has 1 aromatic rings. The second-order valence-corrected chi connectivity index (χ2v) is 9.96. The molecule has 3 saturated heterocycles. The van der Waals surface area contributed by atoms with Gasteiger partial charge in [-0.3, -0.25) is 4.90 Å². The maximum absolute atomic E-state index is 13.7. The molecule has 184 valence electrons. The van der Waals surface area contributed by atoms with Crippen molar-refractivity contribution in [2.75, 3.05) is 44.2 Å². The summed E-state index contributed by atoms with van der Waals surface area (Å²) in [6.45, 7) is 9.69. The van der Waals surface area contributed by atoms with Gasteiger partial charge in [-0.25, -0.2) is 4.79 Å². The smallest absolute Gasteiger partial charge is 0.418 e. The van der Waals surface area contributed by atoms with Crippen molar-refractivity contribution in [3.05, 3.63) is 29.3 Å². The van der Waals surface area contributed by atoms with E-state index in [0.717, 1.165) is 24.8 Å². The van der Waals surface area contributed by atoms with E-state index in [0.29, 0.717) is 45.8 Å². The maximum atomic E-state index is 13.7. The molecule has 0 spiro atoms. The topological polar surface area (TPSA) is 45.2 Å². The molecule has 0 aromatic heterocycles. The number of rotatable bonds is 5. The zero-order valence-corrected chi connectivity index (χ0v) is 19.7. The minimum Gasteiger partial charge on any atom is -0.443 e. The zero-order chi connectivity index (χ0) is 23.8. The van der Waals surface area contributed by atoms with Gasteiger partial charge in [-0.1, -0.05) is 13.0 Å². The van der Waals surface area contributed by atoms with Crippen LogP contribution >= 0.6 is 0 Å². The first-order chi connectivity index (χ1) is 15.5. The third-order valence-corrected chi connectivity index (χ3v) is 7.00. The summed E-state index contributed by atoms with van der Waals surface area (Å²) in [4.78, 5) is 18.1. The Kier molecular flexibility index (Phi) is 6.82. The van der Waals surface area contributed by atoms with Crippen LogP contribution in [0, 0.1) is 0 Å². The van der Waals surface area contributed by atoms with Crippen LogP contribution < -0.4 is 4.90 Å². The summed E-state index contributed by atoms with van der Waals surface area (Å²) in [6.07, 6.45) is -2.13. The SMILES string of the molecule is CCC(C)(C)OC(=O)N1CCN(Cc2ccc(C(F)(F)F)c(N3CC4CCC(C3)O4)c2)CC1. The monoisotopic (exact) mass is 469 g/mol. The van der Waals surface area contributed by atoms with Gasteiger partial charge >= 0.3 is 12.3 Å². The molecule has 6 nitrogen and oxygen atoms in total. The van der Waals surface area contributed by atoms with Crippen LogP contribution in [0.3, 0.4) is 0 Å². The van der Waals surface area contributed by atoms with Crippen LogP contribution in [0.2, 0.25) is 0 Å². The number of fused-ring (bicyclic) bond motifs is 2.